The molecule has 1 fully saturated rings. The standard InChI is InChI=1S/C15H19ClN2O2/c1-4-15(3)14(20)17-8-13(19)18(15)9-11-6-5-10(2)7-12(11)16/h5-7H,4,8-9H2,1-3H3,(H,17,20). The van der Waals surface area contributed by atoms with Crippen molar-refractivity contribution in [2.45, 2.75) is 39.3 Å². The topological polar surface area (TPSA) is 49.4 Å². The average Bonchev–Trinajstić information content (AvgIpc) is 2.41. The molecule has 1 atom stereocenters. The van der Waals surface area contributed by atoms with Crippen molar-refractivity contribution >= 4 is 23.4 Å². The summed E-state index contributed by atoms with van der Waals surface area (Å²) in [5.74, 6) is -0.187. The molecule has 1 unspecified atom stereocenters. The minimum Gasteiger partial charge on any atom is -0.345 e. The van der Waals surface area contributed by atoms with E-state index in [0.717, 1.165) is 11.1 Å². The summed E-state index contributed by atoms with van der Waals surface area (Å²) >= 11 is 6.23. The van der Waals surface area contributed by atoms with Crippen LogP contribution in [-0.4, -0.2) is 28.8 Å². The number of amides is 2. The Morgan fingerprint density at radius 3 is 2.70 bits per heavy atom. The largest absolute Gasteiger partial charge is 0.345 e. The number of nitrogens with zero attached hydrogens (tertiary/aromatic N) is 1. The molecule has 1 aliphatic rings. The van der Waals surface area contributed by atoms with E-state index in [4.69, 9.17) is 11.6 Å². The molecule has 0 aromatic heterocycles. The molecule has 0 radical (unpaired) electrons. The summed E-state index contributed by atoms with van der Waals surface area (Å²) in [7, 11) is 0. The van der Waals surface area contributed by atoms with Crippen molar-refractivity contribution in [1.82, 2.24) is 10.2 Å². The van der Waals surface area contributed by atoms with E-state index in [1.165, 1.54) is 0 Å². The molecule has 2 rings (SSSR count). The van der Waals surface area contributed by atoms with Gasteiger partial charge in [-0.15, -0.1) is 0 Å². The third-order valence-corrected chi connectivity index (χ3v) is 4.36. The van der Waals surface area contributed by atoms with E-state index in [2.05, 4.69) is 5.32 Å². The van der Waals surface area contributed by atoms with Gasteiger partial charge in [-0.3, -0.25) is 9.59 Å². The minimum absolute atomic E-state index is 0.0535. The van der Waals surface area contributed by atoms with Crippen LogP contribution in [0.4, 0.5) is 0 Å². The highest BCUT2D eigenvalue weighted by Gasteiger charge is 2.44. The van der Waals surface area contributed by atoms with Crippen molar-refractivity contribution in [1.29, 1.82) is 0 Å². The van der Waals surface area contributed by atoms with Crippen LogP contribution in [0.25, 0.3) is 0 Å². The van der Waals surface area contributed by atoms with Gasteiger partial charge in [0.25, 0.3) is 0 Å². The molecule has 0 saturated carbocycles. The van der Waals surface area contributed by atoms with Gasteiger partial charge in [-0.1, -0.05) is 30.7 Å². The fourth-order valence-corrected chi connectivity index (χ4v) is 2.70. The van der Waals surface area contributed by atoms with E-state index < -0.39 is 5.54 Å². The van der Waals surface area contributed by atoms with Gasteiger partial charge in [-0.2, -0.15) is 0 Å². The third kappa shape index (κ3) is 2.52. The number of hydrogen-bond donors (Lipinski definition) is 1. The van der Waals surface area contributed by atoms with E-state index in [-0.39, 0.29) is 18.4 Å². The summed E-state index contributed by atoms with van der Waals surface area (Å²) in [6, 6.07) is 5.74. The van der Waals surface area contributed by atoms with Gasteiger partial charge in [-0.25, -0.2) is 0 Å². The SMILES string of the molecule is CCC1(C)C(=O)NCC(=O)N1Cc1ccc(C)cc1Cl. The Kier molecular flexibility index (Phi) is 4.04. The molecular formula is C15H19ClN2O2. The van der Waals surface area contributed by atoms with Crippen molar-refractivity contribution < 1.29 is 9.59 Å². The van der Waals surface area contributed by atoms with Crippen LogP contribution in [0.1, 0.15) is 31.4 Å². The molecule has 4 nitrogen and oxygen atoms in total. The molecule has 0 bridgehead atoms. The third-order valence-electron chi connectivity index (χ3n) is 4.01. The van der Waals surface area contributed by atoms with Crippen LogP contribution in [-0.2, 0) is 16.1 Å². The Hall–Kier alpha value is -1.55. The monoisotopic (exact) mass is 294 g/mol. The molecule has 20 heavy (non-hydrogen) atoms. The molecule has 1 aliphatic heterocycles. The molecule has 1 saturated heterocycles. The minimum atomic E-state index is -0.816. The molecule has 5 heteroatoms. The van der Waals surface area contributed by atoms with E-state index in [9.17, 15) is 9.59 Å². The van der Waals surface area contributed by atoms with Crippen LogP contribution in [0.2, 0.25) is 5.02 Å². The number of carbonyl (C=O) groups is 2. The van der Waals surface area contributed by atoms with Gasteiger partial charge in [0.15, 0.2) is 0 Å². The molecule has 2 amide bonds. The van der Waals surface area contributed by atoms with Crippen LogP contribution >= 0.6 is 11.6 Å². The number of hydrogen-bond acceptors (Lipinski definition) is 2. The van der Waals surface area contributed by atoms with E-state index in [1.54, 1.807) is 11.8 Å². The zero-order chi connectivity index (χ0) is 14.9. The molecule has 1 N–H and O–H groups in total. The summed E-state index contributed by atoms with van der Waals surface area (Å²) in [5.41, 5.74) is 1.11. The lowest BCUT2D eigenvalue weighted by molar-refractivity contribution is -0.153. The fraction of sp³-hybridized carbons (Fsp3) is 0.467. The van der Waals surface area contributed by atoms with Crippen LogP contribution in [0.15, 0.2) is 18.2 Å². The number of rotatable bonds is 3. The average molecular weight is 295 g/mol. The zero-order valence-electron chi connectivity index (χ0n) is 12.0. The van der Waals surface area contributed by atoms with E-state index >= 15 is 0 Å². The lowest BCUT2D eigenvalue weighted by atomic mass is 9.92. The normalized spacial score (nSPS) is 22.9. The molecule has 1 aromatic rings. The first-order valence-corrected chi connectivity index (χ1v) is 7.10. The lowest BCUT2D eigenvalue weighted by Gasteiger charge is -2.43. The van der Waals surface area contributed by atoms with Crippen molar-refractivity contribution in [3.05, 3.63) is 34.3 Å². The van der Waals surface area contributed by atoms with E-state index in [0.29, 0.717) is 18.0 Å². The van der Waals surface area contributed by atoms with Crippen LogP contribution < -0.4 is 5.32 Å². The highest BCUT2D eigenvalue weighted by molar-refractivity contribution is 6.31. The van der Waals surface area contributed by atoms with Crippen LogP contribution in [0, 0.1) is 6.92 Å². The maximum atomic E-state index is 12.2. The Morgan fingerprint density at radius 2 is 2.10 bits per heavy atom. The Balaban J connectivity index is 2.33. The number of piperazine rings is 1. The predicted molar refractivity (Wildman–Crippen MR) is 78.4 cm³/mol. The van der Waals surface area contributed by atoms with Crippen LogP contribution in [0.3, 0.4) is 0 Å². The Morgan fingerprint density at radius 1 is 1.40 bits per heavy atom. The second kappa shape index (κ2) is 5.44. The highest BCUT2D eigenvalue weighted by atomic mass is 35.5. The van der Waals surface area contributed by atoms with Gasteiger partial charge in [0.1, 0.15) is 5.54 Å². The molecular weight excluding hydrogens is 276 g/mol. The summed E-state index contributed by atoms with van der Waals surface area (Å²) in [5, 5.41) is 3.28. The first kappa shape index (κ1) is 14.9. The maximum Gasteiger partial charge on any atom is 0.246 e. The van der Waals surface area contributed by atoms with Crippen LogP contribution in [0.5, 0.6) is 0 Å². The number of nitrogens with one attached hydrogen (secondary N) is 1. The van der Waals surface area contributed by atoms with Gasteiger partial charge < -0.3 is 10.2 Å². The first-order valence-electron chi connectivity index (χ1n) is 6.72. The second-order valence-corrected chi connectivity index (χ2v) is 5.79. The number of carbonyl (C=O) groups excluding carboxylic acids is 2. The van der Waals surface area contributed by atoms with E-state index in [1.807, 2.05) is 32.0 Å². The van der Waals surface area contributed by atoms with Crippen molar-refractivity contribution in [3.63, 3.8) is 0 Å². The summed E-state index contributed by atoms with van der Waals surface area (Å²) < 4.78 is 0. The lowest BCUT2D eigenvalue weighted by Crippen LogP contribution is -2.65. The van der Waals surface area contributed by atoms with Gasteiger partial charge in [-0.05, 0) is 37.5 Å². The molecule has 1 aromatic carbocycles. The predicted octanol–water partition coefficient (Wildman–Crippen LogP) is 2.28. The Labute approximate surface area is 124 Å². The summed E-state index contributed by atoms with van der Waals surface area (Å²) in [6.45, 7) is 6.07. The molecule has 0 spiro atoms. The van der Waals surface area contributed by atoms with Gasteiger partial charge >= 0.3 is 0 Å². The first-order chi connectivity index (χ1) is 9.38. The van der Waals surface area contributed by atoms with Gasteiger partial charge in [0, 0.05) is 11.6 Å². The molecule has 0 aliphatic carbocycles. The number of aryl methyl sites for hydroxylation is 1. The smallest absolute Gasteiger partial charge is 0.246 e. The van der Waals surface area contributed by atoms with Crippen molar-refractivity contribution in [3.8, 4) is 0 Å². The number of benzene rings is 1. The second-order valence-electron chi connectivity index (χ2n) is 5.38. The fourth-order valence-electron chi connectivity index (χ4n) is 2.40. The Bertz CT molecular complexity index is 559. The highest BCUT2D eigenvalue weighted by Crippen LogP contribution is 2.27. The van der Waals surface area contributed by atoms with Crippen molar-refractivity contribution in [2.75, 3.05) is 6.54 Å². The number of halogens is 1. The zero-order valence-corrected chi connectivity index (χ0v) is 12.8. The van der Waals surface area contributed by atoms with Crippen molar-refractivity contribution in [2.24, 2.45) is 0 Å². The van der Waals surface area contributed by atoms with Gasteiger partial charge in [0.2, 0.25) is 11.8 Å². The summed E-state index contributed by atoms with van der Waals surface area (Å²) in [6.07, 6.45) is 0.564. The summed E-state index contributed by atoms with van der Waals surface area (Å²) in [4.78, 5) is 25.9. The van der Waals surface area contributed by atoms with Gasteiger partial charge in [0.05, 0.1) is 6.54 Å². The molecule has 108 valence electrons. The molecule has 1 heterocycles. The maximum absolute atomic E-state index is 12.2. The quantitative estimate of drug-likeness (QED) is 0.930.